The largest absolute Gasteiger partial charge is 0.332 e. The molecule has 1 saturated heterocycles. The van der Waals surface area contributed by atoms with Gasteiger partial charge in [-0.05, 0) is 36.6 Å². The summed E-state index contributed by atoms with van der Waals surface area (Å²) in [6.07, 6.45) is 0.893. The second kappa shape index (κ2) is 5.78. The lowest BCUT2D eigenvalue weighted by molar-refractivity contribution is -0.139. The summed E-state index contributed by atoms with van der Waals surface area (Å²) in [5.74, 6) is -0.0210. The smallest absolute Gasteiger partial charge is 0.254 e. The summed E-state index contributed by atoms with van der Waals surface area (Å²) in [5.41, 5.74) is 4.23. The molecule has 0 bridgehead atoms. The maximum atomic E-state index is 12.8. The van der Waals surface area contributed by atoms with E-state index >= 15 is 0 Å². The molecule has 122 valence electrons. The number of nitrogens with zero attached hydrogens (tertiary/aromatic N) is 2. The molecule has 2 heterocycles. The number of amides is 2. The molecule has 24 heavy (non-hydrogen) atoms. The van der Waals surface area contributed by atoms with Crippen molar-refractivity contribution >= 4 is 11.8 Å². The summed E-state index contributed by atoms with van der Waals surface area (Å²) < 4.78 is 0. The van der Waals surface area contributed by atoms with E-state index < -0.39 is 0 Å². The monoisotopic (exact) mass is 320 g/mol. The molecule has 2 aliphatic rings. The van der Waals surface area contributed by atoms with E-state index in [9.17, 15) is 9.59 Å². The highest BCUT2D eigenvalue weighted by molar-refractivity contribution is 5.97. The van der Waals surface area contributed by atoms with Gasteiger partial charge in [-0.3, -0.25) is 9.59 Å². The third-order valence-electron chi connectivity index (χ3n) is 5.04. The molecule has 0 aromatic heterocycles. The van der Waals surface area contributed by atoms with Gasteiger partial charge in [0.2, 0.25) is 5.91 Å². The first-order valence-electron chi connectivity index (χ1n) is 8.37. The number of carbonyl (C=O) groups excluding carboxylic acids is 2. The molecular formula is C20H20N2O2. The summed E-state index contributed by atoms with van der Waals surface area (Å²) >= 11 is 0. The first-order chi connectivity index (χ1) is 11.6. The number of rotatable bonds is 1. The van der Waals surface area contributed by atoms with Crippen molar-refractivity contribution in [2.24, 2.45) is 0 Å². The Morgan fingerprint density at radius 2 is 1.83 bits per heavy atom. The Kier molecular flexibility index (Phi) is 3.60. The van der Waals surface area contributed by atoms with Gasteiger partial charge in [0.15, 0.2) is 0 Å². The topological polar surface area (TPSA) is 40.6 Å². The van der Waals surface area contributed by atoms with Crippen LogP contribution in [0.15, 0.2) is 48.5 Å². The van der Waals surface area contributed by atoms with Gasteiger partial charge in [0, 0.05) is 18.7 Å². The number of benzene rings is 2. The SMILES string of the molecule is Cc1ccc(C(=O)N2CC(=O)N3CCc4ccccc4C3C2)cc1. The first kappa shape index (κ1) is 14.9. The fourth-order valence-corrected chi connectivity index (χ4v) is 3.71. The zero-order chi connectivity index (χ0) is 16.7. The zero-order valence-corrected chi connectivity index (χ0v) is 13.7. The highest BCUT2D eigenvalue weighted by atomic mass is 16.2. The normalized spacial score (nSPS) is 19.7. The lowest BCUT2D eigenvalue weighted by Crippen LogP contribution is -2.55. The van der Waals surface area contributed by atoms with Gasteiger partial charge >= 0.3 is 0 Å². The van der Waals surface area contributed by atoms with Gasteiger partial charge < -0.3 is 9.80 Å². The van der Waals surface area contributed by atoms with E-state index in [1.54, 1.807) is 4.90 Å². The Labute approximate surface area is 141 Å². The molecule has 1 fully saturated rings. The maximum absolute atomic E-state index is 12.8. The van der Waals surface area contributed by atoms with E-state index in [1.807, 2.05) is 48.2 Å². The quantitative estimate of drug-likeness (QED) is 0.810. The summed E-state index contributed by atoms with van der Waals surface area (Å²) in [5, 5.41) is 0. The van der Waals surface area contributed by atoms with Crippen molar-refractivity contribution in [1.29, 1.82) is 0 Å². The minimum atomic E-state index is -0.0638. The summed E-state index contributed by atoms with van der Waals surface area (Å²) in [7, 11) is 0. The van der Waals surface area contributed by atoms with Crippen LogP contribution in [0.25, 0.3) is 0 Å². The van der Waals surface area contributed by atoms with Crippen LogP contribution in [-0.2, 0) is 11.2 Å². The molecule has 1 unspecified atom stereocenters. The van der Waals surface area contributed by atoms with Crippen molar-refractivity contribution in [3.05, 3.63) is 70.8 Å². The number of piperazine rings is 1. The van der Waals surface area contributed by atoms with Crippen molar-refractivity contribution in [2.45, 2.75) is 19.4 Å². The fraction of sp³-hybridized carbons (Fsp3) is 0.300. The van der Waals surface area contributed by atoms with Crippen LogP contribution >= 0.6 is 0 Å². The summed E-state index contributed by atoms with van der Waals surface area (Å²) in [6.45, 7) is 3.48. The Balaban J connectivity index is 1.63. The molecule has 4 rings (SSSR count). The van der Waals surface area contributed by atoms with Crippen LogP contribution in [0.2, 0.25) is 0 Å². The Hall–Kier alpha value is -2.62. The van der Waals surface area contributed by atoms with E-state index in [1.165, 1.54) is 11.1 Å². The lowest BCUT2D eigenvalue weighted by atomic mass is 9.90. The molecule has 2 aromatic rings. The molecule has 4 nitrogen and oxygen atoms in total. The van der Waals surface area contributed by atoms with Crippen molar-refractivity contribution in [3.63, 3.8) is 0 Å². The first-order valence-corrected chi connectivity index (χ1v) is 8.37. The van der Waals surface area contributed by atoms with E-state index in [0.29, 0.717) is 12.1 Å². The number of fused-ring (bicyclic) bond motifs is 3. The van der Waals surface area contributed by atoms with E-state index in [2.05, 4.69) is 12.1 Å². The number of hydrogen-bond donors (Lipinski definition) is 0. The molecule has 0 saturated carbocycles. The number of hydrogen-bond acceptors (Lipinski definition) is 2. The maximum Gasteiger partial charge on any atom is 0.254 e. The Bertz CT molecular complexity index is 798. The lowest BCUT2D eigenvalue weighted by Gasteiger charge is -2.44. The predicted molar refractivity (Wildman–Crippen MR) is 91.7 cm³/mol. The van der Waals surface area contributed by atoms with Crippen molar-refractivity contribution in [2.75, 3.05) is 19.6 Å². The van der Waals surface area contributed by atoms with Crippen molar-refractivity contribution in [3.8, 4) is 0 Å². The van der Waals surface area contributed by atoms with Gasteiger partial charge in [-0.25, -0.2) is 0 Å². The number of aryl methyl sites for hydroxylation is 1. The van der Waals surface area contributed by atoms with E-state index in [-0.39, 0.29) is 24.4 Å². The van der Waals surface area contributed by atoms with Crippen LogP contribution in [-0.4, -0.2) is 41.2 Å². The molecule has 0 aliphatic carbocycles. The fourth-order valence-electron chi connectivity index (χ4n) is 3.71. The van der Waals surface area contributed by atoms with Crippen LogP contribution in [0, 0.1) is 6.92 Å². The van der Waals surface area contributed by atoms with Gasteiger partial charge in [-0.1, -0.05) is 42.0 Å². The van der Waals surface area contributed by atoms with Crippen LogP contribution < -0.4 is 0 Å². The molecular weight excluding hydrogens is 300 g/mol. The minimum absolute atomic E-state index is 0.0226. The average Bonchev–Trinajstić information content (AvgIpc) is 2.61. The van der Waals surface area contributed by atoms with E-state index in [4.69, 9.17) is 0 Å². The standard InChI is InChI=1S/C20H20N2O2/c1-14-6-8-16(9-7-14)20(24)21-12-18-17-5-3-2-4-15(17)10-11-22(18)19(23)13-21/h2-9,18H,10-13H2,1H3. The molecule has 2 aliphatic heterocycles. The van der Waals surface area contributed by atoms with E-state index in [0.717, 1.165) is 18.5 Å². The van der Waals surface area contributed by atoms with Gasteiger partial charge in [0.1, 0.15) is 6.54 Å². The van der Waals surface area contributed by atoms with Crippen molar-refractivity contribution < 1.29 is 9.59 Å². The third-order valence-corrected chi connectivity index (χ3v) is 5.04. The third kappa shape index (κ3) is 2.48. The Morgan fingerprint density at radius 3 is 2.62 bits per heavy atom. The molecule has 1 atom stereocenters. The van der Waals surface area contributed by atoms with Crippen molar-refractivity contribution in [1.82, 2.24) is 9.80 Å². The van der Waals surface area contributed by atoms with Crippen LogP contribution in [0.5, 0.6) is 0 Å². The molecule has 2 amide bonds. The van der Waals surface area contributed by atoms with Gasteiger partial charge in [-0.15, -0.1) is 0 Å². The Morgan fingerprint density at radius 1 is 1.08 bits per heavy atom. The molecule has 2 aromatic carbocycles. The average molecular weight is 320 g/mol. The molecule has 4 heteroatoms. The molecule has 0 radical (unpaired) electrons. The minimum Gasteiger partial charge on any atom is -0.332 e. The molecule has 0 N–H and O–H groups in total. The predicted octanol–water partition coefficient (Wildman–Crippen LogP) is 2.58. The second-order valence-electron chi connectivity index (χ2n) is 6.60. The second-order valence-corrected chi connectivity index (χ2v) is 6.60. The van der Waals surface area contributed by atoms with Gasteiger partial charge in [-0.2, -0.15) is 0 Å². The highest BCUT2D eigenvalue weighted by Crippen LogP contribution is 2.33. The van der Waals surface area contributed by atoms with Gasteiger partial charge in [0.25, 0.3) is 5.91 Å². The van der Waals surface area contributed by atoms with Crippen LogP contribution in [0.4, 0.5) is 0 Å². The van der Waals surface area contributed by atoms with Crippen LogP contribution in [0.3, 0.4) is 0 Å². The molecule has 0 spiro atoms. The highest BCUT2D eigenvalue weighted by Gasteiger charge is 2.38. The number of carbonyl (C=O) groups is 2. The van der Waals surface area contributed by atoms with Gasteiger partial charge in [0.05, 0.1) is 6.04 Å². The zero-order valence-electron chi connectivity index (χ0n) is 13.7. The van der Waals surface area contributed by atoms with Crippen LogP contribution in [0.1, 0.15) is 33.1 Å². The summed E-state index contributed by atoms with van der Waals surface area (Å²) in [4.78, 5) is 29.0. The summed E-state index contributed by atoms with van der Waals surface area (Å²) in [6, 6.07) is 15.8.